The minimum Gasteiger partial charge on any atom is -0.396 e. The Hall–Kier alpha value is -2.76. The van der Waals surface area contributed by atoms with Crippen molar-refractivity contribution in [2.75, 3.05) is 13.2 Å². The molecule has 154 valence electrons. The second-order valence-corrected chi connectivity index (χ2v) is 7.02. The Morgan fingerprint density at radius 1 is 1.31 bits per heavy atom. The van der Waals surface area contributed by atoms with Crippen molar-refractivity contribution in [2.45, 2.75) is 18.6 Å². The number of H-pyrrole nitrogens is 1. The zero-order chi connectivity index (χ0) is 21.0. The summed E-state index contributed by atoms with van der Waals surface area (Å²) in [6.07, 6.45) is -3.30. The van der Waals surface area contributed by atoms with Gasteiger partial charge in [-0.1, -0.05) is 0 Å². The van der Waals surface area contributed by atoms with Crippen molar-refractivity contribution in [2.24, 2.45) is 5.73 Å². The third kappa shape index (κ3) is 5.00. The molecule has 0 bridgehead atoms. The number of carbonyl (C=O) groups is 1. The van der Waals surface area contributed by atoms with Gasteiger partial charge in [-0.2, -0.15) is 13.2 Å². The van der Waals surface area contributed by atoms with E-state index in [0.29, 0.717) is 17.1 Å². The summed E-state index contributed by atoms with van der Waals surface area (Å²) in [5, 5.41) is 14.2. The predicted molar refractivity (Wildman–Crippen MR) is 101 cm³/mol. The van der Waals surface area contributed by atoms with Crippen LogP contribution in [0.25, 0.3) is 11.4 Å². The lowest BCUT2D eigenvalue weighted by molar-refractivity contribution is -0.137. The smallest absolute Gasteiger partial charge is 0.396 e. The number of aliphatic hydroxyl groups excluding tert-OH is 1. The zero-order valence-electron chi connectivity index (χ0n) is 15.0. The molecule has 7 nitrogen and oxygen atoms in total. The number of alkyl halides is 3. The van der Waals surface area contributed by atoms with E-state index >= 15 is 0 Å². The Bertz CT molecular complexity index is 969. The number of nitrogens with zero attached hydrogens (tertiary/aromatic N) is 2. The standard InChI is InChI=1S/C18H18F3N5O2S/c19-18(20,21)10-1-2-12(23-8-10)13-3-4-14(25-13)16(28)26-15(7-22)17-24-11(5-6-27)9-29-17/h1-4,8-9,15,25,27H,5-7,22H2,(H,26,28)/t15-/m0/s1. The monoisotopic (exact) mass is 425 g/mol. The number of hydrogen-bond donors (Lipinski definition) is 4. The van der Waals surface area contributed by atoms with Crippen molar-refractivity contribution in [3.05, 3.63) is 57.8 Å². The summed E-state index contributed by atoms with van der Waals surface area (Å²) in [6, 6.07) is 4.73. The van der Waals surface area contributed by atoms with E-state index in [-0.39, 0.29) is 24.5 Å². The van der Waals surface area contributed by atoms with E-state index in [1.54, 1.807) is 11.4 Å². The molecule has 3 aromatic heterocycles. The van der Waals surface area contributed by atoms with Crippen LogP contribution in [0.1, 0.15) is 32.8 Å². The highest BCUT2D eigenvalue weighted by Gasteiger charge is 2.30. The first-order valence-corrected chi connectivity index (χ1v) is 9.48. The van der Waals surface area contributed by atoms with Crippen LogP contribution in [0, 0.1) is 0 Å². The highest BCUT2D eigenvalue weighted by atomic mass is 32.1. The van der Waals surface area contributed by atoms with Gasteiger partial charge in [-0.3, -0.25) is 9.78 Å². The minimum absolute atomic E-state index is 0.0218. The number of aliphatic hydroxyl groups is 1. The van der Waals surface area contributed by atoms with Crippen molar-refractivity contribution in [3.63, 3.8) is 0 Å². The number of nitrogens with one attached hydrogen (secondary N) is 2. The number of hydrogen-bond acceptors (Lipinski definition) is 6. The van der Waals surface area contributed by atoms with E-state index in [1.165, 1.54) is 23.5 Å². The van der Waals surface area contributed by atoms with Gasteiger partial charge in [0.15, 0.2) is 0 Å². The van der Waals surface area contributed by atoms with Crippen LogP contribution in [-0.4, -0.2) is 39.1 Å². The van der Waals surface area contributed by atoms with Gasteiger partial charge in [-0.15, -0.1) is 11.3 Å². The first kappa shape index (κ1) is 21.0. The number of halogens is 3. The van der Waals surface area contributed by atoms with E-state index in [0.717, 1.165) is 18.0 Å². The first-order valence-electron chi connectivity index (χ1n) is 8.60. The summed E-state index contributed by atoms with van der Waals surface area (Å²) >= 11 is 1.34. The Morgan fingerprint density at radius 2 is 2.10 bits per heavy atom. The Kier molecular flexibility index (Phi) is 6.30. The van der Waals surface area contributed by atoms with Crippen molar-refractivity contribution in [1.29, 1.82) is 0 Å². The molecule has 0 aromatic carbocycles. The molecule has 0 saturated carbocycles. The summed E-state index contributed by atoms with van der Waals surface area (Å²) in [4.78, 5) is 23.5. The van der Waals surface area contributed by atoms with Crippen LogP contribution >= 0.6 is 11.3 Å². The number of pyridine rings is 1. The van der Waals surface area contributed by atoms with Gasteiger partial charge in [0, 0.05) is 31.1 Å². The van der Waals surface area contributed by atoms with Crippen LogP contribution in [-0.2, 0) is 12.6 Å². The maximum atomic E-state index is 12.6. The van der Waals surface area contributed by atoms with Gasteiger partial charge < -0.3 is 21.1 Å². The van der Waals surface area contributed by atoms with E-state index in [2.05, 4.69) is 20.3 Å². The number of nitrogens with two attached hydrogens (primary N) is 1. The highest BCUT2D eigenvalue weighted by Crippen LogP contribution is 2.29. The van der Waals surface area contributed by atoms with Crippen LogP contribution < -0.4 is 11.1 Å². The molecular formula is C18H18F3N5O2S. The van der Waals surface area contributed by atoms with E-state index in [4.69, 9.17) is 10.8 Å². The molecule has 1 atom stereocenters. The van der Waals surface area contributed by atoms with Crippen LogP contribution in [0.15, 0.2) is 35.8 Å². The normalized spacial score (nSPS) is 12.7. The van der Waals surface area contributed by atoms with Gasteiger partial charge in [0.05, 0.1) is 28.7 Å². The number of aromatic amines is 1. The lowest BCUT2D eigenvalue weighted by Crippen LogP contribution is -2.33. The predicted octanol–water partition coefficient (Wildman–Crippen LogP) is 2.52. The van der Waals surface area contributed by atoms with Crippen molar-refractivity contribution in [3.8, 4) is 11.4 Å². The molecule has 0 aliphatic rings. The molecule has 29 heavy (non-hydrogen) atoms. The Morgan fingerprint density at radius 3 is 2.72 bits per heavy atom. The largest absolute Gasteiger partial charge is 0.417 e. The van der Waals surface area contributed by atoms with Crippen LogP contribution in [0.3, 0.4) is 0 Å². The molecule has 0 aliphatic carbocycles. The number of carbonyl (C=O) groups excluding carboxylic acids is 1. The summed E-state index contributed by atoms with van der Waals surface area (Å²) in [5.74, 6) is -0.433. The second-order valence-electron chi connectivity index (χ2n) is 6.13. The molecule has 5 N–H and O–H groups in total. The molecule has 3 heterocycles. The Balaban J connectivity index is 1.71. The maximum absolute atomic E-state index is 12.6. The van der Waals surface area contributed by atoms with Gasteiger partial charge in [0.2, 0.25) is 0 Å². The van der Waals surface area contributed by atoms with E-state index < -0.39 is 23.7 Å². The first-order chi connectivity index (χ1) is 13.8. The molecule has 11 heteroatoms. The van der Waals surface area contributed by atoms with Gasteiger partial charge in [0.1, 0.15) is 10.7 Å². The fourth-order valence-electron chi connectivity index (χ4n) is 2.57. The quantitative estimate of drug-likeness (QED) is 0.464. The molecule has 0 saturated heterocycles. The average Bonchev–Trinajstić information content (AvgIpc) is 3.36. The van der Waals surface area contributed by atoms with Crippen molar-refractivity contribution in [1.82, 2.24) is 20.3 Å². The molecular weight excluding hydrogens is 407 g/mol. The molecule has 0 radical (unpaired) electrons. The molecule has 3 rings (SSSR count). The molecule has 0 fully saturated rings. The molecule has 3 aromatic rings. The molecule has 0 spiro atoms. The SMILES string of the molecule is NC[C@H](NC(=O)c1ccc(-c2ccc(C(F)(F)F)cn2)[nH]1)c1nc(CCO)cs1. The number of thiazole rings is 1. The summed E-state index contributed by atoms with van der Waals surface area (Å²) in [6.45, 7) is 0.109. The molecule has 1 amide bonds. The zero-order valence-corrected chi connectivity index (χ0v) is 15.8. The fraction of sp³-hybridized carbons (Fsp3) is 0.278. The third-order valence-electron chi connectivity index (χ3n) is 4.07. The number of aromatic nitrogens is 3. The summed E-state index contributed by atoms with van der Waals surface area (Å²) < 4.78 is 37.9. The van der Waals surface area contributed by atoms with Crippen molar-refractivity contribution < 1.29 is 23.1 Å². The van der Waals surface area contributed by atoms with Gasteiger partial charge >= 0.3 is 6.18 Å². The lowest BCUT2D eigenvalue weighted by Gasteiger charge is -2.13. The Labute approximate surface area is 167 Å². The van der Waals surface area contributed by atoms with Crippen molar-refractivity contribution >= 4 is 17.2 Å². The third-order valence-corrected chi connectivity index (χ3v) is 5.08. The van der Waals surface area contributed by atoms with Gasteiger partial charge in [-0.25, -0.2) is 4.98 Å². The number of rotatable bonds is 7. The number of amides is 1. The van der Waals surface area contributed by atoms with Gasteiger partial charge in [-0.05, 0) is 24.3 Å². The highest BCUT2D eigenvalue weighted by molar-refractivity contribution is 7.09. The van der Waals surface area contributed by atoms with Gasteiger partial charge in [0.25, 0.3) is 5.91 Å². The maximum Gasteiger partial charge on any atom is 0.417 e. The van der Waals surface area contributed by atoms with Crippen LogP contribution in [0.5, 0.6) is 0 Å². The minimum atomic E-state index is -4.46. The molecule has 0 unspecified atom stereocenters. The summed E-state index contributed by atoms with van der Waals surface area (Å²) in [7, 11) is 0. The second kappa shape index (κ2) is 8.72. The van der Waals surface area contributed by atoms with E-state index in [9.17, 15) is 18.0 Å². The molecule has 0 aliphatic heterocycles. The van der Waals surface area contributed by atoms with E-state index in [1.807, 2.05) is 0 Å². The summed E-state index contributed by atoms with van der Waals surface area (Å²) in [5.41, 5.74) is 6.53. The average molecular weight is 425 g/mol. The van der Waals surface area contributed by atoms with Crippen LogP contribution in [0.4, 0.5) is 13.2 Å². The fourth-order valence-corrected chi connectivity index (χ4v) is 3.48. The topological polar surface area (TPSA) is 117 Å². The van der Waals surface area contributed by atoms with Crippen LogP contribution in [0.2, 0.25) is 0 Å². The lowest BCUT2D eigenvalue weighted by atomic mass is 10.2.